The maximum atomic E-state index is 10.3. The van der Waals surface area contributed by atoms with Gasteiger partial charge in [0.1, 0.15) is 0 Å². The molecule has 0 spiro atoms. The Hall–Kier alpha value is -0.300. The Labute approximate surface area is 80.8 Å². The van der Waals surface area contributed by atoms with Gasteiger partial charge in [0.05, 0.1) is 6.10 Å². The Morgan fingerprint density at radius 1 is 1.00 bits per heavy atom. The molecule has 2 bridgehead atoms. The summed E-state index contributed by atoms with van der Waals surface area (Å²) in [4.78, 5) is 0. The maximum Gasteiger partial charge on any atom is 0.0653 e. The van der Waals surface area contributed by atoms with E-state index in [1.165, 1.54) is 6.42 Å². The third kappa shape index (κ3) is 1.03. The molecule has 0 radical (unpaired) electrons. The van der Waals surface area contributed by atoms with E-state index in [1.807, 2.05) is 0 Å². The van der Waals surface area contributed by atoms with E-state index < -0.39 is 0 Å². The minimum atomic E-state index is -0.182. The second kappa shape index (κ2) is 2.38. The van der Waals surface area contributed by atoms with Crippen LogP contribution in [0.25, 0.3) is 0 Å². The Balaban J connectivity index is 2.41. The molecule has 1 N–H and O–H groups in total. The smallest absolute Gasteiger partial charge is 0.0653 e. The molecule has 1 nitrogen and oxygen atoms in total. The van der Waals surface area contributed by atoms with Crippen molar-refractivity contribution in [2.24, 2.45) is 22.7 Å². The van der Waals surface area contributed by atoms with Crippen LogP contribution in [0.15, 0.2) is 12.2 Å². The monoisotopic (exact) mass is 180 g/mol. The van der Waals surface area contributed by atoms with Gasteiger partial charge < -0.3 is 5.11 Å². The highest BCUT2D eigenvalue weighted by Gasteiger charge is 2.53. The lowest BCUT2D eigenvalue weighted by atomic mass is 9.56. The summed E-state index contributed by atoms with van der Waals surface area (Å²) in [5.74, 6) is 1.17. The Morgan fingerprint density at radius 3 is 1.77 bits per heavy atom. The average molecular weight is 180 g/mol. The summed E-state index contributed by atoms with van der Waals surface area (Å²) in [5, 5.41) is 10.3. The number of rotatable bonds is 0. The molecule has 0 aromatic heterocycles. The van der Waals surface area contributed by atoms with E-state index in [-0.39, 0.29) is 16.9 Å². The molecule has 2 rings (SSSR count). The minimum Gasteiger partial charge on any atom is -0.392 e. The van der Waals surface area contributed by atoms with Gasteiger partial charge in [-0.05, 0) is 29.1 Å². The third-order valence-corrected chi connectivity index (χ3v) is 4.40. The van der Waals surface area contributed by atoms with Gasteiger partial charge in [0, 0.05) is 0 Å². The summed E-state index contributed by atoms with van der Waals surface area (Å²) >= 11 is 0. The molecule has 74 valence electrons. The van der Waals surface area contributed by atoms with Crippen molar-refractivity contribution in [1.82, 2.24) is 0 Å². The van der Waals surface area contributed by atoms with Crippen LogP contribution in [0.2, 0.25) is 0 Å². The summed E-state index contributed by atoms with van der Waals surface area (Å²) < 4.78 is 0. The third-order valence-electron chi connectivity index (χ3n) is 4.40. The second-order valence-corrected chi connectivity index (χ2v) is 5.88. The van der Waals surface area contributed by atoms with Gasteiger partial charge in [-0.2, -0.15) is 0 Å². The molecule has 0 aliphatic heterocycles. The molecule has 0 heterocycles. The number of aliphatic hydroxyl groups is 1. The second-order valence-electron chi connectivity index (χ2n) is 5.88. The quantitative estimate of drug-likeness (QED) is 0.568. The topological polar surface area (TPSA) is 20.2 Å². The first kappa shape index (κ1) is 9.26. The van der Waals surface area contributed by atoms with Crippen LogP contribution in [0.5, 0.6) is 0 Å². The van der Waals surface area contributed by atoms with Crippen molar-refractivity contribution in [2.45, 2.75) is 40.2 Å². The maximum absolute atomic E-state index is 10.3. The van der Waals surface area contributed by atoms with Crippen molar-refractivity contribution in [2.75, 3.05) is 0 Å². The molecule has 1 fully saturated rings. The minimum absolute atomic E-state index is 0.0486. The summed E-state index contributed by atoms with van der Waals surface area (Å²) in [7, 11) is 0. The molecule has 0 amide bonds. The van der Waals surface area contributed by atoms with E-state index in [0.717, 1.165) is 0 Å². The van der Waals surface area contributed by atoms with E-state index in [2.05, 4.69) is 39.8 Å². The normalized spacial score (nSPS) is 45.2. The van der Waals surface area contributed by atoms with E-state index in [0.29, 0.717) is 11.8 Å². The van der Waals surface area contributed by atoms with Crippen LogP contribution in [0.3, 0.4) is 0 Å². The highest BCUT2D eigenvalue weighted by Crippen LogP contribution is 2.56. The number of fused-ring (bicyclic) bond motifs is 2. The van der Waals surface area contributed by atoms with Gasteiger partial charge in [-0.15, -0.1) is 0 Å². The molecule has 0 aromatic carbocycles. The van der Waals surface area contributed by atoms with E-state index in [9.17, 15) is 5.11 Å². The number of hydrogen-bond acceptors (Lipinski definition) is 1. The van der Waals surface area contributed by atoms with Gasteiger partial charge >= 0.3 is 0 Å². The lowest BCUT2D eigenvalue weighted by Gasteiger charge is -2.50. The molecule has 0 aromatic rings. The van der Waals surface area contributed by atoms with Gasteiger partial charge in [-0.1, -0.05) is 39.8 Å². The Morgan fingerprint density at radius 2 is 1.38 bits per heavy atom. The summed E-state index contributed by atoms with van der Waals surface area (Å²) in [6.07, 6.45) is 5.67. The molecule has 2 aliphatic carbocycles. The summed E-state index contributed by atoms with van der Waals surface area (Å²) in [5.41, 5.74) is 0.0972. The first-order chi connectivity index (χ1) is 5.87. The first-order valence-electron chi connectivity index (χ1n) is 5.23. The molecule has 0 saturated heterocycles. The van der Waals surface area contributed by atoms with Crippen molar-refractivity contribution < 1.29 is 5.11 Å². The van der Waals surface area contributed by atoms with Crippen molar-refractivity contribution >= 4 is 0 Å². The Kier molecular flexibility index (Phi) is 1.70. The average Bonchev–Trinajstić information content (AvgIpc) is 2.48. The Bertz CT molecular complexity index is 226. The fraction of sp³-hybridized carbons (Fsp3) is 0.833. The van der Waals surface area contributed by atoms with E-state index >= 15 is 0 Å². The van der Waals surface area contributed by atoms with Crippen LogP contribution < -0.4 is 0 Å². The highest BCUT2D eigenvalue weighted by molar-refractivity contribution is 5.17. The molecule has 13 heavy (non-hydrogen) atoms. The van der Waals surface area contributed by atoms with E-state index in [4.69, 9.17) is 0 Å². The lowest BCUT2D eigenvalue weighted by Crippen LogP contribution is -2.51. The number of allylic oxidation sites excluding steroid dienone is 2. The molecular weight excluding hydrogens is 160 g/mol. The molecule has 1 saturated carbocycles. The van der Waals surface area contributed by atoms with Gasteiger partial charge in [0.2, 0.25) is 0 Å². The van der Waals surface area contributed by atoms with Gasteiger partial charge in [-0.25, -0.2) is 0 Å². The number of hydrogen-bond donors (Lipinski definition) is 1. The van der Waals surface area contributed by atoms with Crippen LogP contribution in [0.1, 0.15) is 34.1 Å². The van der Waals surface area contributed by atoms with Crippen LogP contribution in [0, 0.1) is 22.7 Å². The van der Waals surface area contributed by atoms with Crippen LogP contribution in [0.4, 0.5) is 0 Å². The van der Waals surface area contributed by atoms with Crippen molar-refractivity contribution in [3.63, 3.8) is 0 Å². The number of aliphatic hydroxyl groups excluding tert-OH is 1. The molecule has 1 heteroatoms. The highest BCUT2D eigenvalue weighted by atomic mass is 16.3. The summed E-state index contributed by atoms with van der Waals surface area (Å²) in [6, 6.07) is 0. The van der Waals surface area contributed by atoms with Crippen LogP contribution in [-0.2, 0) is 0 Å². The summed E-state index contributed by atoms with van der Waals surface area (Å²) in [6.45, 7) is 8.76. The van der Waals surface area contributed by atoms with Crippen molar-refractivity contribution in [3.8, 4) is 0 Å². The standard InChI is InChI=1S/C12H20O/c1-11(2)8-5-6-9(7-8)12(3,4)10(11)13/h5-6,8-10,13H,7H2,1-4H3/t8-,9+,10?. The van der Waals surface area contributed by atoms with Crippen molar-refractivity contribution in [1.29, 1.82) is 0 Å². The van der Waals surface area contributed by atoms with Crippen LogP contribution in [-0.4, -0.2) is 11.2 Å². The SMILES string of the molecule is CC1(C)C(O)C(C)(C)[C@H]2C=C[C@@H]1C2. The fourth-order valence-corrected chi connectivity index (χ4v) is 3.17. The largest absolute Gasteiger partial charge is 0.392 e. The molecule has 2 aliphatic rings. The first-order valence-corrected chi connectivity index (χ1v) is 5.23. The van der Waals surface area contributed by atoms with Crippen molar-refractivity contribution in [3.05, 3.63) is 12.2 Å². The zero-order valence-corrected chi connectivity index (χ0v) is 9.04. The zero-order valence-electron chi connectivity index (χ0n) is 9.04. The lowest BCUT2D eigenvalue weighted by molar-refractivity contribution is -0.108. The molecule has 3 atom stereocenters. The van der Waals surface area contributed by atoms with Gasteiger partial charge in [-0.3, -0.25) is 0 Å². The predicted molar refractivity (Wildman–Crippen MR) is 54.3 cm³/mol. The van der Waals surface area contributed by atoms with Gasteiger partial charge in [0.25, 0.3) is 0 Å². The van der Waals surface area contributed by atoms with E-state index in [1.54, 1.807) is 0 Å². The molecular formula is C12H20O. The zero-order chi connectivity index (χ0) is 9.85. The predicted octanol–water partition coefficient (Wildman–Crippen LogP) is 2.61. The van der Waals surface area contributed by atoms with Crippen LogP contribution >= 0.6 is 0 Å². The molecule has 1 unspecified atom stereocenters. The fourth-order valence-electron chi connectivity index (χ4n) is 3.17. The van der Waals surface area contributed by atoms with Gasteiger partial charge in [0.15, 0.2) is 0 Å².